The molecule has 0 heterocycles. The van der Waals surface area contributed by atoms with Crippen molar-refractivity contribution in [1.82, 2.24) is 5.43 Å². The van der Waals surface area contributed by atoms with Crippen LogP contribution in [0.4, 0.5) is 0 Å². The number of hydrogen-bond donors (Lipinski definition) is 1. The molecule has 6 nitrogen and oxygen atoms in total. The quantitative estimate of drug-likeness (QED) is 0.622. The Balaban J connectivity index is 1.93. The predicted octanol–water partition coefficient (Wildman–Crippen LogP) is 2.63. The molecule has 0 aliphatic carbocycles. The van der Waals surface area contributed by atoms with Crippen LogP contribution in [0.25, 0.3) is 0 Å². The minimum Gasteiger partial charge on any atom is -0.484 e. The average molecular weight is 374 g/mol. The normalized spacial score (nSPS) is 11.9. The van der Waals surface area contributed by atoms with Crippen LogP contribution in [0.15, 0.2) is 52.5 Å². The number of hydrogen-bond acceptors (Lipinski definition) is 5. The van der Waals surface area contributed by atoms with E-state index >= 15 is 0 Å². The third-order valence-corrected chi connectivity index (χ3v) is 5.03. The zero-order valence-electron chi connectivity index (χ0n) is 15.2. The molecule has 1 amide bonds. The van der Waals surface area contributed by atoms with E-state index in [1.54, 1.807) is 19.1 Å². The Hall–Kier alpha value is -2.67. The second-order valence-electron chi connectivity index (χ2n) is 6.06. The van der Waals surface area contributed by atoms with Crippen LogP contribution in [-0.2, 0) is 14.6 Å². The number of carbonyl (C=O) groups excluding carboxylic acids is 1. The first-order valence-corrected chi connectivity index (χ1v) is 9.89. The van der Waals surface area contributed by atoms with Gasteiger partial charge in [0.05, 0.1) is 10.6 Å². The van der Waals surface area contributed by atoms with Crippen molar-refractivity contribution in [2.45, 2.75) is 25.7 Å². The van der Waals surface area contributed by atoms with Crippen LogP contribution in [0.2, 0.25) is 0 Å². The topological polar surface area (TPSA) is 84.8 Å². The lowest BCUT2D eigenvalue weighted by Gasteiger charge is -2.08. The standard InChI is InChI=1S/C19H22N2O4S/c1-13-5-8-17(11-14(13)2)25-12-19(22)21-20-15(3)16-6-9-18(10-7-16)26(4,23)24/h5-11H,12H2,1-4H3,(H,21,22)/b20-15-. The SMILES string of the molecule is C/C(=N/NC(=O)COc1ccc(C)c(C)c1)c1ccc(S(C)(=O)=O)cc1. The van der Waals surface area contributed by atoms with E-state index in [1.807, 2.05) is 32.0 Å². The molecule has 0 spiro atoms. The highest BCUT2D eigenvalue weighted by atomic mass is 32.2. The zero-order chi connectivity index (χ0) is 19.3. The Bertz CT molecular complexity index is 933. The molecule has 0 aliphatic rings. The van der Waals surface area contributed by atoms with E-state index in [2.05, 4.69) is 10.5 Å². The molecule has 0 aliphatic heterocycles. The molecule has 1 N–H and O–H groups in total. The first-order valence-electron chi connectivity index (χ1n) is 8.00. The fourth-order valence-corrected chi connectivity index (χ4v) is 2.77. The van der Waals surface area contributed by atoms with Gasteiger partial charge in [0.15, 0.2) is 16.4 Å². The Kier molecular flexibility index (Phi) is 6.15. The Morgan fingerprint density at radius 1 is 1.08 bits per heavy atom. The molecule has 0 unspecified atom stereocenters. The summed E-state index contributed by atoms with van der Waals surface area (Å²) in [6.45, 7) is 5.56. The molecule has 0 saturated heterocycles. The van der Waals surface area contributed by atoms with E-state index in [0.29, 0.717) is 17.0 Å². The van der Waals surface area contributed by atoms with Crippen molar-refractivity contribution >= 4 is 21.5 Å². The highest BCUT2D eigenvalue weighted by Gasteiger charge is 2.08. The smallest absolute Gasteiger partial charge is 0.277 e. The molecule has 7 heteroatoms. The van der Waals surface area contributed by atoms with E-state index in [-0.39, 0.29) is 17.4 Å². The minimum atomic E-state index is -3.24. The molecular formula is C19H22N2O4S. The Labute approximate surface area is 153 Å². The van der Waals surface area contributed by atoms with Gasteiger partial charge in [-0.1, -0.05) is 18.2 Å². The number of ether oxygens (including phenoxy) is 1. The molecule has 2 rings (SSSR count). The van der Waals surface area contributed by atoms with Crippen molar-refractivity contribution in [3.05, 3.63) is 59.2 Å². The molecule has 138 valence electrons. The van der Waals surface area contributed by atoms with Crippen molar-refractivity contribution in [3.8, 4) is 5.75 Å². The predicted molar refractivity (Wildman–Crippen MR) is 101 cm³/mol. The van der Waals surface area contributed by atoms with Gasteiger partial charge in [-0.15, -0.1) is 0 Å². The van der Waals surface area contributed by atoms with Crippen molar-refractivity contribution in [2.24, 2.45) is 5.10 Å². The van der Waals surface area contributed by atoms with Gasteiger partial charge in [-0.05, 0) is 61.7 Å². The average Bonchev–Trinajstić information content (AvgIpc) is 2.60. The highest BCUT2D eigenvalue weighted by Crippen LogP contribution is 2.16. The highest BCUT2D eigenvalue weighted by molar-refractivity contribution is 7.90. The van der Waals surface area contributed by atoms with E-state index in [0.717, 1.165) is 17.4 Å². The van der Waals surface area contributed by atoms with E-state index in [1.165, 1.54) is 12.1 Å². The third kappa shape index (κ3) is 5.42. The van der Waals surface area contributed by atoms with Crippen LogP contribution in [0, 0.1) is 13.8 Å². The largest absolute Gasteiger partial charge is 0.484 e. The van der Waals surface area contributed by atoms with Crippen LogP contribution in [0.3, 0.4) is 0 Å². The lowest BCUT2D eigenvalue weighted by atomic mass is 10.1. The van der Waals surface area contributed by atoms with Crippen LogP contribution in [0.5, 0.6) is 5.75 Å². The van der Waals surface area contributed by atoms with Crippen LogP contribution in [-0.4, -0.2) is 32.9 Å². The van der Waals surface area contributed by atoms with Gasteiger partial charge < -0.3 is 4.74 Å². The van der Waals surface area contributed by atoms with Gasteiger partial charge in [0.2, 0.25) is 0 Å². The number of amides is 1. The van der Waals surface area contributed by atoms with E-state index in [4.69, 9.17) is 4.74 Å². The second-order valence-corrected chi connectivity index (χ2v) is 8.08. The summed E-state index contributed by atoms with van der Waals surface area (Å²) < 4.78 is 28.4. The third-order valence-electron chi connectivity index (χ3n) is 3.90. The Morgan fingerprint density at radius 2 is 1.73 bits per heavy atom. The number of benzene rings is 2. The first-order chi connectivity index (χ1) is 12.2. The summed E-state index contributed by atoms with van der Waals surface area (Å²) >= 11 is 0. The summed E-state index contributed by atoms with van der Waals surface area (Å²) in [5, 5.41) is 4.02. The van der Waals surface area contributed by atoms with Gasteiger partial charge in [-0.2, -0.15) is 5.10 Å². The number of aryl methyl sites for hydroxylation is 2. The summed E-state index contributed by atoms with van der Waals surface area (Å²) in [4.78, 5) is 12.1. The van der Waals surface area contributed by atoms with Crippen molar-refractivity contribution < 1.29 is 17.9 Å². The van der Waals surface area contributed by atoms with Crippen LogP contribution >= 0.6 is 0 Å². The number of rotatable bonds is 6. The van der Waals surface area contributed by atoms with E-state index in [9.17, 15) is 13.2 Å². The maximum absolute atomic E-state index is 11.9. The molecule has 0 fully saturated rings. The maximum atomic E-state index is 11.9. The fourth-order valence-electron chi connectivity index (χ4n) is 2.14. The van der Waals surface area contributed by atoms with E-state index < -0.39 is 9.84 Å². The second kappa shape index (κ2) is 8.14. The number of nitrogens with one attached hydrogen (secondary N) is 1. The van der Waals surface area contributed by atoms with Crippen LogP contribution < -0.4 is 10.2 Å². The molecule has 0 radical (unpaired) electrons. The van der Waals surface area contributed by atoms with Gasteiger partial charge in [0.25, 0.3) is 5.91 Å². The van der Waals surface area contributed by atoms with Gasteiger partial charge in [0.1, 0.15) is 5.75 Å². The fraction of sp³-hybridized carbons (Fsp3) is 0.263. The van der Waals surface area contributed by atoms with Gasteiger partial charge in [0, 0.05) is 6.26 Å². The molecule has 2 aromatic carbocycles. The zero-order valence-corrected chi connectivity index (χ0v) is 16.1. The maximum Gasteiger partial charge on any atom is 0.277 e. The molecule has 0 saturated carbocycles. The molecule has 0 atom stereocenters. The van der Waals surface area contributed by atoms with Crippen LogP contribution in [0.1, 0.15) is 23.6 Å². The Morgan fingerprint density at radius 3 is 2.31 bits per heavy atom. The molecule has 0 bridgehead atoms. The van der Waals surface area contributed by atoms with Gasteiger partial charge >= 0.3 is 0 Å². The molecule has 2 aromatic rings. The van der Waals surface area contributed by atoms with Crippen molar-refractivity contribution in [2.75, 3.05) is 12.9 Å². The summed E-state index contributed by atoms with van der Waals surface area (Å²) in [7, 11) is -3.24. The number of carbonyl (C=O) groups is 1. The number of hydrazone groups is 1. The van der Waals surface area contributed by atoms with Gasteiger partial charge in [-0.3, -0.25) is 4.79 Å². The number of nitrogens with zero attached hydrogens (tertiary/aromatic N) is 1. The van der Waals surface area contributed by atoms with Crippen molar-refractivity contribution in [3.63, 3.8) is 0 Å². The minimum absolute atomic E-state index is 0.147. The lowest BCUT2D eigenvalue weighted by Crippen LogP contribution is -2.25. The van der Waals surface area contributed by atoms with Crippen molar-refractivity contribution in [1.29, 1.82) is 0 Å². The summed E-state index contributed by atoms with van der Waals surface area (Å²) in [5.74, 6) is 0.246. The first kappa shape index (κ1) is 19.7. The number of sulfone groups is 1. The summed E-state index contributed by atoms with van der Waals surface area (Å²) in [5.41, 5.74) is 5.95. The lowest BCUT2D eigenvalue weighted by molar-refractivity contribution is -0.123. The summed E-state index contributed by atoms with van der Waals surface area (Å²) in [6.07, 6.45) is 1.15. The molecular weight excluding hydrogens is 352 g/mol. The molecule has 0 aromatic heterocycles. The monoisotopic (exact) mass is 374 g/mol. The molecule has 26 heavy (non-hydrogen) atoms. The van der Waals surface area contributed by atoms with Gasteiger partial charge in [-0.25, -0.2) is 13.8 Å². The summed E-state index contributed by atoms with van der Waals surface area (Å²) in [6, 6.07) is 11.9.